The molecule has 0 atom stereocenters. The summed E-state index contributed by atoms with van der Waals surface area (Å²) in [6, 6.07) is 3.62. The molecule has 0 saturated carbocycles. The summed E-state index contributed by atoms with van der Waals surface area (Å²) in [4.78, 5) is 4.00. The molecule has 10 heavy (non-hydrogen) atoms. The Morgan fingerprint density at radius 2 is 2.50 bits per heavy atom. The number of aryl methyl sites for hydroxylation is 1. The van der Waals surface area contributed by atoms with Crippen LogP contribution in [-0.4, -0.2) is 11.7 Å². The zero-order valence-corrected chi connectivity index (χ0v) is 5.87. The van der Waals surface area contributed by atoms with Crippen LogP contribution in [0.4, 0.5) is 0 Å². The van der Waals surface area contributed by atoms with Crippen LogP contribution in [0.3, 0.4) is 0 Å². The molecule has 1 heterocycles. The fraction of sp³-hybridized carbons (Fsp3) is 0.286. The molecule has 1 rings (SSSR count). The first kappa shape index (κ1) is 7.02. The maximum Gasteiger partial charge on any atom is 0.137 e. The monoisotopic (exact) mass is 138 g/mol. The molecule has 1 aromatic rings. The summed E-state index contributed by atoms with van der Waals surface area (Å²) in [5.41, 5.74) is 6.10. The molecule has 0 aromatic carbocycles. The van der Waals surface area contributed by atoms with Gasteiger partial charge >= 0.3 is 0 Å². The number of nitrogens with zero attached hydrogens (tertiary/aromatic N) is 1. The average Bonchev–Trinajstić information content (AvgIpc) is 1.88. The van der Waals surface area contributed by atoms with Crippen molar-refractivity contribution in [1.29, 1.82) is 0 Å². The third-order valence-corrected chi connectivity index (χ3v) is 1.12. The lowest BCUT2D eigenvalue weighted by Gasteiger charge is -2.01. The van der Waals surface area contributed by atoms with E-state index in [1.165, 1.54) is 0 Å². The molecule has 0 aliphatic carbocycles. The Balaban J connectivity index is 2.75. The number of hydrogen-bond donors (Lipinski definition) is 1. The standard InChI is InChI=1S/C7H10N2O/c1-6-4-7(10-5-8)2-3-9-6/h2-4H,5,8H2,1H3. The molecule has 0 aliphatic rings. The molecule has 0 fully saturated rings. The van der Waals surface area contributed by atoms with Gasteiger partial charge in [0.2, 0.25) is 0 Å². The Morgan fingerprint density at radius 3 is 3.10 bits per heavy atom. The van der Waals surface area contributed by atoms with Gasteiger partial charge in [0.25, 0.3) is 0 Å². The molecule has 0 unspecified atom stereocenters. The van der Waals surface area contributed by atoms with Crippen LogP contribution in [-0.2, 0) is 0 Å². The summed E-state index contributed by atoms with van der Waals surface area (Å²) in [7, 11) is 0. The van der Waals surface area contributed by atoms with Crippen LogP contribution < -0.4 is 10.5 Å². The minimum atomic E-state index is 0.212. The predicted molar refractivity (Wildman–Crippen MR) is 38.7 cm³/mol. The van der Waals surface area contributed by atoms with Crippen LogP contribution in [0, 0.1) is 6.92 Å². The highest BCUT2D eigenvalue weighted by molar-refractivity contribution is 5.21. The van der Waals surface area contributed by atoms with Gasteiger partial charge in [-0.05, 0) is 13.0 Å². The summed E-state index contributed by atoms with van der Waals surface area (Å²) >= 11 is 0. The summed E-state index contributed by atoms with van der Waals surface area (Å²) in [6.07, 6.45) is 1.69. The number of aromatic nitrogens is 1. The van der Waals surface area contributed by atoms with Crippen molar-refractivity contribution in [3.05, 3.63) is 24.0 Å². The van der Waals surface area contributed by atoms with E-state index in [9.17, 15) is 0 Å². The van der Waals surface area contributed by atoms with Gasteiger partial charge in [0, 0.05) is 18.0 Å². The lowest BCUT2D eigenvalue weighted by atomic mass is 10.4. The quantitative estimate of drug-likeness (QED) is 0.611. The third kappa shape index (κ3) is 1.70. The molecule has 0 bridgehead atoms. The zero-order chi connectivity index (χ0) is 7.40. The van der Waals surface area contributed by atoms with E-state index < -0.39 is 0 Å². The van der Waals surface area contributed by atoms with Gasteiger partial charge < -0.3 is 4.74 Å². The van der Waals surface area contributed by atoms with Gasteiger partial charge in [0.1, 0.15) is 12.5 Å². The van der Waals surface area contributed by atoms with Gasteiger partial charge in [0.05, 0.1) is 0 Å². The van der Waals surface area contributed by atoms with Gasteiger partial charge in [-0.15, -0.1) is 0 Å². The average molecular weight is 138 g/mol. The second-order valence-corrected chi connectivity index (χ2v) is 1.94. The lowest BCUT2D eigenvalue weighted by Crippen LogP contribution is -2.07. The van der Waals surface area contributed by atoms with Crippen LogP contribution in [0.15, 0.2) is 18.3 Å². The molecule has 0 radical (unpaired) electrons. The fourth-order valence-electron chi connectivity index (χ4n) is 0.706. The van der Waals surface area contributed by atoms with Crippen molar-refractivity contribution < 1.29 is 4.74 Å². The summed E-state index contributed by atoms with van der Waals surface area (Å²) in [5, 5.41) is 0. The maximum atomic E-state index is 5.17. The van der Waals surface area contributed by atoms with E-state index >= 15 is 0 Å². The highest BCUT2D eigenvalue weighted by Gasteiger charge is 1.90. The number of pyridine rings is 1. The molecule has 3 heteroatoms. The molecular formula is C7H10N2O. The summed E-state index contributed by atoms with van der Waals surface area (Å²) in [5.74, 6) is 0.773. The first-order chi connectivity index (χ1) is 4.83. The van der Waals surface area contributed by atoms with Crippen LogP contribution >= 0.6 is 0 Å². The van der Waals surface area contributed by atoms with Crippen LogP contribution in [0.2, 0.25) is 0 Å². The predicted octanol–water partition coefficient (Wildman–Crippen LogP) is 0.685. The molecule has 0 spiro atoms. The molecule has 0 aliphatic heterocycles. The van der Waals surface area contributed by atoms with Crippen LogP contribution in [0.1, 0.15) is 5.69 Å². The first-order valence-electron chi connectivity index (χ1n) is 3.08. The molecular weight excluding hydrogens is 128 g/mol. The number of rotatable bonds is 2. The van der Waals surface area contributed by atoms with Crippen LogP contribution in [0.5, 0.6) is 5.75 Å². The molecule has 2 N–H and O–H groups in total. The third-order valence-electron chi connectivity index (χ3n) is 1.12. The Kier molecular flexibility index (Phi) is 2.23. The van der Waals surface area contributed by atoms with E-state index in [2.05, 4.69) is 4.98 Å². The van der Waals surface area contributed by atoms with Gasteiger partial charge in [-0.25, -0.2) is 0 Å². The second-order valence-electron chi connectivity index (χ2n) is 1.94. The van der Waals surface area contributed by atoms with Crippen molar-refractivity contribution in [2.75, 3.05) is 6.73 Å². The van der Waals surface area contributed by atoms with Gasteiger partial charge in [0.15, 0.2) is 0 Å². The summed E-state index contributed by atoms with van der Waals surface area (Å²) in [6.45, 7) is 2.12. The minimum Gasteiger partial charge on any atom is -0.478 e. The Bertz CT molecular complexity index is 213. The Morgan fingerprint density at radius 1 is 1.70 bits per heavy atom. The van der Waals surface area contributed by atoms with Crippen molar-refractivity contribution in [3.8, 4) is 5.75 Å². The van der Waals surface area contributed by atoms with Crippen LogP contribution in [0.25, 0.3) is 0 Å². The molecule has 54 valence electrons. The van der Waals surface area contributed by atoms with E-state index in [0.29, 0.717) is 0 Å². The topological polar surface area (TPSA) is 48.1 Å². The highest BCUT2D eigenvalue weighted by atomic mass is 16.5. The smallest absolute Gasteiger partial charge is 0.137 e. The molecule has 0 saturated heterocycles. The van der Waals surface area contributed by atoms with Gasteiger partial charge in [-0.2, -0.15) is 0 Å². The van der Waals surface area contributed by atoms with Gasteiger partial charge in [-0.3, -0.25) is 10.7 Å². The van der Waals surface area contributed by atoms with Gasteiger partial charge in [-0.1, -0.05) is 0 Å². The van der Waals surface area contributed by atoms with Crippen molar-refractivity contribution >= 4 is 0 Å². The lowest BCUT2D eigenvalue weighted by molar-refractivity contribution is 0.329. The van der Waals surface area contributed by atoms with E-state index in [0.717, 1.165) is 11.4 Å². The Hall–Kier alpha value is -1.09. The number of hydrogen-bond acceptors (Lipinski definition) is 3. The van der Waals surface area contributed by atoms with Crippen molar-refractivity contribution in [1.82, 2.24) is 4.98 Å². The van der Waals surface area contributed by atoms with E-state index in [1.807, 2.05) is 13.0 Å². The Labute approximate surface area is 59.8 Å². The number of ether oxygens (including phenoxy) is 1. The van der Waals surface area contributed by atoms with Crippen molar-refractivity contribution in [2.24, 2.45) is 5.73 Å². The normalized spacial score (nSPS) is 9.40. The summed E-state index contributed by atoms with van der Waals surface area (Å²) < 4.78 is 5.02. The zero-order valence-electron chi connectivity index (χ0n) is 5.87. The largest absolute Gasteiger partial charge is 0.478 e. The van der Waals surface area contributed by atoms with E-state index in [1.54, 1.807) is 12.3 Å². The molecule has 3 nitrogen and oxygen atoms in total. The fourth-order valence-corrected chi connectivity index (χ4v) is 0.706. The number of nitrogens with two attached hydrogens (primary N) is 1. The SMILES string of the molecule is Cc1cc(OCN)ccn1. The highest BCUT2D eigenvalue weighted by Crippen LogP contribution is 2.08. The molecule has 0 amide bonds. The van der Waals surface area contributed by atoms with Crippen molar-refractivity contribution in [2.45, 2.75) is 6.92 Å². The maximum absolute atomic E-state index is 5.17. The van der Waals surface area contributed by atoms with E-state index in [4.69, 9.17) is 10.5 Å². The van der Waals surface area contributed by atoms with Crippen molar-refractivity contribution in [3.63, 3.8) is 0 Å². The second kappa shape index (κ2) is 3.17. The minimum absolute atomic E-state index is 0.212. The van der Waals surface area contributed by atoms with E-state index in [-0.39, 0.29) is 6.73 Å². The first-order valence-corrected chi connectivity index (χ1v) is 3.08. The molecule has 1 aromatic heterocycles.